The summed E-state index contributed by atoms with van der Waals surface area (Å²) in [7, 11) is 0. The van der Waals surface area contributed by atoms with Crippen molar-refractivity contribution in [3.63, 3.8) is 0 Å². The van der Waals surface area contributed by atoms with Crippen molar-refractivity contribution in [2.45, 2.75) is 24.6 Å². The molecular weight excluding hydrogens is 313 g/mol. The zero-order chi connectivity index (χ0) is 14.7. The van der Waals surface area contributed by atoms with Gasteiger partial charge in [0.25, 0.3) is 0 Å². The molecular formula is C14H11Cl2N3S. The van der Waals surface area contributed by atoms with E-state index in [-0.39, 0.29) is 0 Å². The van der Waals surface area contributed by atoms with Gasteiger partial charge < -0.3 is 0 Å². The first-order valence-electron chi connectivity index (χ1n) is 5.84. The average Bonchev–Trinajstić information content (AvgIpc) is 2.37. The van der Waals surface area contributed by atoms with Crippen LogP contribution in [-0.2, 0) is 5.75 Å². The summed E-state index contributed by atoms with van der Waals surface area (Å²) in [5.41, 5.74) is 2.04. The molecule has 2 rings (SSSR count). The van der Waals surface area contributed by atoms with Crippen LogP contribution in [0.15, 0.2) is 23.2 Å². The van der Waals surface area contributed by atoms with Crippen LogP contribution < -0.4 is 0 Å². The molecule has 0 radical (unpaired) electrons. The van der Waals surface area contributed by atoms with Crippen molar-refractivity contribution in [3.05, 3.63) is 50.9 Å². The SMILES string of the molecule is Cc1nc(C)c(C#N)c(SCc2c(Cl)cccc2Cl)n1. The van der Waals surface area contributed by atoms with E-state index in [4.69, 9.17) is 23.2 Å². The van der Waals surface area contributed by atoms with Crippen molar-refractivity contribution in [2.75, 3.05) is 0 Å². The molecule has 2 aromatic rings. The van der Waals surface area contributed by atoms with Crippen molar-refractivity contribution in [1.82, 2.24) is 9.97 Å². The molecule has 6 heteroatoms. The van der Waals surface area contributed by atoms with Crippen LogP contribution in [0.4, 0.5) is 0 Å². The molecule has 1 aromatic carbocycles. The molecule has 0 aliphatic heterocycles. The fraction of sp³-hybridized carbons (Fsp3) is 0.214. The van der Waals surface area contributed by atoms with Gasteiger partial charge >= 0.3 is 0 Å². The van der Waals surface area contributed by atoms with Gasteiger partial charge in [0, 0.05) is 15.8 Å². The highest BCUT2D eigenvalue weighted by molar-refractivity contribution is 7.98. The third-order valence-electron chi connectivity index (χ3n) is 2.70. The third kappa shape index (κ3) is 3.24. The number of nitriles is 1. The molecule has 0 atom stereocenters. The fourth-order valence-corrected chi connectivity index (χ4v) is 3.54. The Hall–Kier alpha value is -1.28. The minimum Gasteiger partial charge on any atom is -0.237 e. The van der Waals surface area contributed by atoms with Crippen molar-refractivity contribution in [3.8, 4) is 6.07 Å². The summed E-state index contributed by atoms with van der Waals surface area (Å²) in [6.07, 6.45) is 0. The second-order valence-corrected chi connectivity index (χ2v) is 5.92. The zero-order valence-electron chi connectivity index (χ0n) is 10.9. The Bertz CT molecular complexity index is 675. The van der Waals surface area contributed by atoms with Crippen molar-refractivity contribution in [2.24, 2.45) is 0 Å². The molecule has 0 fully saturated rings. The number of benzene rings is 1. The van der Waals surface area contributed by atoms with Crippen molar-refractivity contribution >= 4 is 35.0 Å². The third-order valence-corrected chi connectivity index (χ3v) is 4.41. The Morgan fingerprint density at radius 1 is 1.20 bits per heavy atom. The Labute approximate surface area is 132 Å². The lowest BCUT2D eigenvalue weighted by Gasteiger charge is -2.08. The van der Waals surface area contributed by atoms with Gasteiger partial charge in [0.15, 0.2) is 0 Å². The van der Waals surface area contributed by atoms with Gasteiger partial charge in [0.2, 0.25) is 0 Å². The van der Waals surface area contributed by atoms with E-state index in [2.05, 4.69) is 16.0 Å². The molecule has 102 valence electrons. The Morgan fingerprint density at radius 3 is 2.45 bits per heavy atom. The summed E-state index contributed by atoms with van der Waals surface area (Å²) >= 11 is 13.7. The van der Waals surface area contributed by atoms with E-state index in [0.717, 1.165) is 5.56 Å². The van der Waals surface area contributed by atoms with Crippen LogP contribution in [0.2, 0.25) is 10.0 Å². The normalized spacial score (nSPS) is 10.3. The standard InChI is InChI=1S/C14H11Cl2N3S/c1-8-10(6-17)14(19-9(2)18-8)20-7-11-12(15)4-3-5-13(11)16/h3-5H,7H2,1-2H3. The molecule has 0 aliphatic carbocycles. The number of rotatable bonds is 3. The molecule has 0 N–H and O–H groups in total. The van der Waals surface area contributed by atoms with Crippen LogP contribution in [0.3, 0.4) is 0 Å². The number of nitrogens with zero attached hydrogens (tertiary/aromatic N) is 3. The molecule has 0 saturated carbocycles. The van der Waals surface area contributed by atoms with Crippen LogP contribution in [0.1, 0.15) is 22.6 Å². The quantitative estimate of drug-likeness (QED) is 0.613. The minimum atomic E-state index is 0.503. The van der Waals surface area contributed by atoms with Crippen molar-refractivity contribution < 1.29 is 0 Å². The molecule has 0 unspecified atom stereocenters. The fourth-order valence-electron chi connectivity index (χ4n) is 1.73. The minimum absolute atomic E-state index is 0.503. The highest BCUT2D eigenvalue weighted by Crippen LogP contribution is 2.32. The second-order valence-electron chi connectivity index (χ2n) is 4.14. The molecule has 20 heavy (non-hydrogen) atoms. The summed E-state index contributed by atoms with van der Waals surface area (Å²) in [5, 5.41) is 11.1. The molecule has 0 aliphatic rings. The summed E-state index contributed by atoms with van der Waals surface area (Å²) in [4.78, 5) is 8.52. The van der Waals surface area contributed by atoms with Gasteiger partial charge in [-0.2, -0.15) is 5.26 Å². The first kappa shape index (κ1) is 15.1. The highest BCUT2D eigenvalue weighted by atomic mass is 35.5. The Kier molecular flexibility index (Phi) is 4.87. The topological polar surface area (TPSA) is 49.6 Å². The van der Waals surface area contributed by atoms with E-state index in [1.165, 1.54) is 11.8 Å². The summed E-state index contributed by atoms with van der Waals surface area (Å²) in [6.45, 7) is 3.61. The smallest absolute Gasteiger partial charge is 0.126 e. The second kappa shape index (κ2) is 6.45. The molecule has 0 amide bonds. The summed E-state index contributed by atoms with van der Waals surface area (Å²) < 4.78 is 0. The van der Waals surface area contributed by atoms with E-state index in [1.54, 1.807) is 32.0 Å². The van der Waals surface area contributed by atoms with Crippen LogP contribution >= 0.6 is 35.0 Å². The van der Waals surface area contributed by atoms with Gasteiger partial charge in [-0.25, -0.2) is 9.97 Å². The van der Waals surface area contributed by atoms with E-state index >= 15 is 0 Å². The molecule has 1 heterocycles. The highest BCUT2D eigenvalue weighted by Gasteiger charge is 2.12. The summed E-state index contributed by atoms with van der Waals surface area (Å²) in [5.74, 6) is 1.21. The first-order valence-corrected chi connectivity index (χ1v) is 7.58. The number of aryl methyl sites for hydroxylation is 2. The Morgan fingerprint density at radius 2 is 1.85 bits per heavy atom. The molecule has 3 nitrogen and oxygen atoms in total. The average molecular weight is 324 g/mol. The lowest BCUT2D eigenvalue weighted by molar-refractivity contribution is 0.923. The lowest BCUT2D eigenvalue weighted by atomic mass is 10.2. The Balaban J connectivity index is 2.30. The lowest BCUT2D eigenvalue weighted by Crippen LogP contribution is -1.99. The zero-order valence-corrected chi connectivity index (χ0v) is 13.3. The van der Waals surface area contributed by atoms with Crippen LogP contribution in [0, 0.1) is 25.2 Å². The van der Waals surface area contributed by atoms with Gasteiger partial charge in [-0.05, 0) is 31.5 Å². The number of thioether (sulfide) groups is 1. The van der Waals surface area contributed by atoms with Crippen LogP contribution in [0.25, 0.3) is 0 Å². The number of halogens is 2. The number of aromatic nitrogens is 2. The van der Waals surface area contributed by atoms with Gasteiger partial charge in [-0.15, -0.1) is 11.8 Å². The van der Waals surface area contributed by atoms with E-state index in [0.29, 0.717) is 37.9 Å². The molecule has 1 aromatic heterocycles. The predicted octanol–water partition coefficient (Wildman–Crippen LogP) is 4.56. The maximum atomic E-state index is 9.20. The van der Waals surface area contributed by atoms with Gasteiger partial charge in [-0.3, -0.25) is 0 Å². The number of hydrogen-bond donors (Lipinski definition) is 0. The number of hydrogen-bond acceptors (Lipinski definition) is 4. The monoisotopic (exact) mass is 323 g/mol. The molecule has 0 spiro atoms. The van der Waals surface area contributed by atoms with Gasteiger partial charge in [0.1, 0.15) is 22.5 Å². The van der Waals surface area contributed by atoms with Gasteiger partial charge in [0.05, 0.1) is 5.69 Å². The van der Waals surface area contributed by atoms with E-state index in [9.17, 15) is 5.26 Å². The maximum absolute atomic E-state index is 9.20. The van der Waals surface area contributed by atoms with Crippen molar-refractivity contribution in [1.29, 1.82) is 5.26 Å². The first-order chi connectivity index (χ1) is 9.52. The predicted molar refractivity (Wildman–Crippen MR) is 82.2 cm³/mol. The maximum Gasteiger partial charge on any atom is 0.126 e. The molecule has 0 saturated heterocycles. The largest absolute Gasteiger partial charge is 0.237 e. The van der Waals surface area contributed by atoms with E-state index < -0.39 is 0 Å². The van der Waals surface area contributed by atoms with E-state index in [1.807, 2.05) is 0 Å². The molecule has 0 bridgehead atoms. The van der Waals surface area contributed by atoms with Crippen LogP contribution in [0.5, 0.6) is 0 Å². The summed E-state index contributed by atoms with van der Waals surface area (Å²) in [6, 6.07) is 7.54. The van der Waals surface area contributed by atoms with Crippen LogP contribution in [-0.4, -0.2) is 9.97 Å². The van der Waals surface area contributed by atoms with Gasteiger partial charge in [-0.1, -0.05) is 29.3 Å².